The Morgan fingerprint density at radius 3 is 1.84 bits per heavy atom. The Morgan fingerprint density at radius 1 is 0.618 bits per heavy atom. The molecule has 0 saturated carbocycles. The van der Waals surface area contributed by atoms with Crippen molar-refractivity contribution in [3.63, 3.8) is 0 Å². The molecule has 9 nitrogen and oxygen atoms in total. The molecular formula is C58H92ClN7O2. The number of hydrogen-bond donors (Lipinski definition) is 4. The van der Waals surface area contributed by atoms with Crippen LogP contribution in [-0.4, -0.2) is 113 Å². The van der Waals surface area contributed by atoms with Crippen LogP contribution in [0.4, 0.5) is 5.69 Å². The van der Waals surface area contributed by atoms with Crippen molar-refractivity contribution < 1.29 is 9.47 Å². The highest BCUT2D eigenvalue weighted by atomic mass is 35.5. The molecule has 3 heterocycles. The molecule has 1 unspecified atom stereocenters. The van der Waals surface area contributed by atoms with Gasteiger partial charge in [-0.25, -0.2) is 0 Å². The summed E-state index contributed by atoms with van der Waals surface area (Å²) >= 11 is 6.36. The number of piperidine rings is 1. The molecule has 0 radical (unpaired) electrons. The maximum Gasteiger partial charge on any atom is 0.122 e. The fraction of sp³-hybridized carbons (Fsp3) is 0.586. The largest absolute Gasteiger partial charge is 0.494 e. The summed E-state index contributed by atoms with van der Waals surface area (Å²) in [6.07, 6.45) is 7.77. The van der Waals surface area contributed by atoms with E-state index in [0.717, 1.165) is 76.3 Å². The van der Waals surface area contributed by atoms with Gasteiger partial charge in [-0.3, -0.25) is 4.90 Å². The normalized spacial score (nSPS) is 16.4. The van der Waals surface area contributed by atoms with Gasteiger partial charge >= 0.3 is 0 Å². The molecule has 0 amide bonds. The van der Waals surface area contributed by atoms with Gasteiger partial charge in [-0.15, -0.1) is 0 Å². The number of nitrogens with one attached hydrogen (secondary N) is 4. The lowest BCUT2D eigenvalue weighted by Gasteiger charge is -2.32. The first-order chi connectivity index (χ1) is 32.9. The third-order valence-electron chi connectivity index (χ3n) is 12.4. The molecule has 2 atom stereocenters. The van der Waals surface area contributed by atoms with Crippen LogP contribution in [0.2, 0.25) is 5.02 Å². The zero-order valence-electron chi connectivity index (χ0n) is 43.8. The second-order valence-corrected chi connectivity index (χ2v) is 20.1. The highest BCUT2D eigenvalue weighted by Gasteiger charge is 2.25. The molecule has 7 rings (SSSR count). The van der Waals surface area contributed by atoms with Crippen molar-refractivity contribution in [2.45, 2.75) is 144 Å². The average Bonchev–Trinajstić information content (AvgIpc) is 3.88. The molecule has 3 saturated heterocycles. The number of likely N-dealkylation sites (tertiary alicyclic amines) is 2. The summed E-state index contributed by atoms with van der Waals surface area (Å²) in [6, 6.07) is 39.2. The molecular weight excluding hydrogens is 862 g/mol. The van der Waals surface area contributed by atoms with E-state index < -0.39 is 0 Å². The minimum atomic E-state index is 0.406. The molecule has 3 aliphatic rings. The van der Waals surface area contributed by atoms with Gasteiger partial charge in [0.1, 0.15) is 5.75 Å². The van der Waals surface area contributed by atoms with Gasteiger partial charge in [-0.2, -0.15) is 0 Å². The van der Waals surface area contributed by atoms with E-state index in [1.165, 1.54) is 86.2 Å². The van der Waals surface area contributed by atoms with Crippen molar-refractivity contribution in [3.05, 3.63) is 130 Å². The highest BCUT2D eigenvalue weighted by molar-refractivity contribution is 6.31. The third-order valence-corrected chi connectivity index (χ3v) is 12.8. The first-order valence-corrected chi connectivity index (χ1v) is 26.7. The summed E-state index contributed by atoms with van der Waals surface area (Å²) in [6.45, 7) is 32.9. The molecule has 0 spiro atoms. The Kier molecular flexibility index (Phi) is 27.8. The Morgan fingerprint density at radius 2 is 1.22 bits per heavy atom. The lowest BCUT2D eigenvalue weighted by molar-refractivity contribution is 0.122. The lowest BCUT2D eigenvalue weighted by Crippen LogP contribution is -2.40. The van der Waals surface area contributed by atoms with Crippen LogP contribution in [0.3, 0.4) is 0 Å². The summed E-state index contributed by atoms with van der Waals surface area (Å²) in [7, 11) is 0. The second kappa shape index (κ2) is 33.1. The van der Waals surface area contributed by atoms with Crippen molar-refractivity contribution in [1.82, 2.24) is 31.1 Å². The number of rotatable bonds is 20. The molecule has 0 bridgehead atoms. The molecule has 4 N–H and O–H groups in total. The van der Waals surface area contributed by atoms with Crippen molar-refractivity contribution in [3.8, 4) is 5.75 Å². The van der Waals surface area contributed by atoms with E-state index in [1.807, 2.05) is 31.2 Å². The van der Waals surface area contributed by atoms with Gasteiger partial charge in [-0.05, 0) is 118 Å². The minimum Gasteiger partial charge on any atom is -0.494 e. The van der Waals surface area contributed by atoms with Crippen molar-refractivity contribution in [1.29, 1.82) is 0 Å². The van der Waals surface area contributed by atoms with Gasteiger partial charge in [-0.1, -0.05) is 152 Å². The molecule has 68 heavy (non-hydrogen) atoms. The van der Waals surface area contributed by atoms with E-state index in [1.54, 1.807) is 0 Å². The smallest absolute Gasteiger partial charge is 0.122 e. The Hall–Kier alpha value is -3.51. The molecule has 3 aliphatic heterocycles. The summed E-state index contributed by atoms with van der Waals surface area (Å²) < 4.78 is 10.9. The molecule has 10 heteroatoms. The SMILES string of the molecule is CC(C)NC(CN1CCCCC1)c1ccccc1.CC(C)NC[C@H](c1ccccc1Cl)N1CCCC1.CC(C)NCc1ccc(N2CCOCC2)cc1.CCOc1ccccc1CCNC(C)C. The van der Waals surface area contributed by atoms with Crippen molar-refractivity contribution in [2.24, 2.45) is 0 Å². The maximum absolute atomic E-state index is 6.36. The molecule has 0 aromatic heterocycles. The molecule has 3 fully saturated rings. The number of halogens is 1. The van der Waals surface area contributed by atoms with Crippen LogP contribution in [0.1, 0.15) is 129 Å². The Labute approximate surface area is 419 Å². The van der Waals surface area contributed by atoms with Gasteiger partial charge in [0.25, 0.3) is 0 Å². The van der Waals surface area contributed by atoms with Crippen LogP contribution in [0.5, 0.6) is 5.75 Å². The lowest BCUT2D eigenvalue weighted by atomic mass is 10.0. The fourth-order valence-corrected chi connectivity index (χ4v) is 9.06. The predicted octanol–water partition coefficient (Wildman–Crippen LogP) is 11.3. The summed E-state index contributed by atoms with van der Waals surface area (Å²) in [5.41, 5.74) is 6.61. The zero-order valence-corrected chi connectivity index (χ0v) is 44.5. The van der Waals surface area contributed by atoms with Gasteiger partial charge < -0.3 is 40.5 Å². The number of benzene rings is 4. The number of para-hydroxylation sites is 1. The molecule has 4 aromatic rings. The predicted molar refractivity (Wildman–Crippen MR) is 292 cm³/mol. The van der Waals surface area contributed by atoms with Crippen molar-refractivity contribution >= 4 is 17.3 Å². The Balaban J connectivity index is 0.000000198. The number of anilines is 1. The number of morpholine rings is 1. The van der Waals surface area contributed by atoms with E-state index in [0.29, 0.717) is 36.3 Å². The van der Waals surface area contributed by atoms with Crippen LogP contribution < -0.4 is 30.9 Å². The van der Waals surface area contributed by atoms with E-state index >= 15 is 0 Å². The quantitative estimate of drug-likeness (QED) is 0.0693. The van der Waals surface area contributed by atoms with Gasteiger partial charge in [0, 0.05) is 79.7 Å². The van der Waals surface area contributed by atoms with Gasteiger partial charge in [0.15, 0.2) is 0 Å². The fourth-order valence-electron chi connectivity index (χ4n) is 8.79. The molecule has 378 valence electrons. The summed E-state index contributed by atoms with van der Waals surface area (Å²) in [5, 5.41) is 15.0. The van der Waals surface area contributed by atoms with E-state index in [4.69, 9.17) is 21.1 Å². The van der Waals surface area contributed by atoms with Crippen LogP contribution in [-0.2, 0) is 17.7 Å². The van der Waals surface area contributed by atoms with Crippen LogP contribution in [0, 0.1) is 0 Å². The monoisotopic (exact) mass is 954 g/mol. The van der Waals surface area contributed by atoms with E-state index in [2.05, 4.69) is 170 Å². The molecule has 4 aromatic carbocycles. The van der Waals surface area contributed by atoms with Crippen LogP contribution in [0.25, 0.3) is 0 Å². The summed E-state index contributed by atoms with van der Waals surface area (Å²) in [4.78, 5) is 7.54. The zero-order chi connectivity index (χ0) is 48.9. The van der Waals surface area contributed by atoms with Crippen LogP contribution >= 0.6 is 11.6 Å². The first kappa shape index (κ1) is 57.1. The standard InChI is InChI=1S/C16H26N2.C15H23ClN2.C14H22N2O.C13H21NO/c1-14(2)17-16(15-9-5-3-6-10-15)13-18-11-7-4-8-12-18;1-12(2)17-11-15(18-9-5-6-10-18)13-7-3-4-8-14(13)16;1-12(2)15-11-13-3-5-14(6-4-13)16-7-9-17-10-8-16;1-4-15-13-8-6-5-7-12(13)9-10-14-11(2)3/h3,5-6,9-10,14,16-17H,4,7-8,11-13H2,1-2H3;3-4,7-8,12,15,17H,5-6,9-11H2,1-2H3;3-6,12,15H,7-11H2,1-2H3;5-8,11,14H,4,9-10H2,1-3H3/t;15-;;/m.1../s1. The van der Waals surface area contributed by atoms with Crippen LogP contribution in [0.15, 0.2) is 103 Å². The first-order valence-electron chi connectivity index (χ1n) is 26.3. The van der Waals surface area contributed by atoms with E-state index in [-0.39, 0.29) is 0 Å². The number of ether oxygens (including phenoxy) is 2. The minimum absolute atomic E-state index is 0.406. The molecule has 0 aliphatic carbocycles. The third kappa shape index (κ3) is 22.5. The number of nitrogens with zero attached hydrogens (tertiary/aromatic N) is 3. The van der Waals surface area contributed by atoms with Gasteiger partial charge in [0.2, 0.25) is 0 Å². The van der Waals surface area contributed by atoms with Gasteiger partial charge in [0.05, 0.1) is 19.8 Å². The number of hydrogen-bond acceptors (Lipinski definition) is 9. The Bertz CT molecular complexity index is 1860. The maximum atomic E-state index is 6.36. The summed E-state index contributed by atoms with van der Waals surface area (Å²) in [5.74, 6) is 1.02. The second-order valence-electron chi connectivity index (χ2n) is 19.7. The van der Waals surface area contributed by atoms with E-state index in [9.17, 15) is 0 Å². The topological polar surface area (TPSA) is 76.3 Å². The average molecular weight is 955 g/mol. The van der Waals surface area contributed by atoms with Crippen molar-refractivity contribution in [2.75, 3.05) is 83.6 Å². The highest BCUT2D eigenvalue weighted by Crippen LogP contribution is 2.30.